The molecule has 0 bridgehead atoms. The topological polar surface area (TPSA) is 17.1 Å². The van der Waals surface area contributed by atoms with Crippen molar-refractivity contribution < 1.29 is 4.79 Å². The van der Waals surface area contributed by atoms with Crippen LogP contribution in [0, 0.1) is 5.41 Å². The number of allylic oxidation sites excluding steroid dienone is 4. The van der Waals surface area contributed by atoms with Crippen molar-refractivity contribution in [2.45, 2.75) is 26.2 Å². The summed E-state index contributed by atoms with van der Waals surface area (Å²) in [4.78, 5) is 11.5. The van der Waals surface area contributed by atoms with Crippen LogP contribution >= 0.6 is 0 Å². The van der Waals surface area contributed by atoms with Crippen LogP contribution in [0.2, 0.25) is 0 Å². The van der Waals surface area contributed by atoms with Crippen LogP contribution in [0.15, 0.2) is 23.8 Å². The van der Waals surface area contributed by atoms with Crippen LogP contribution in [0.25, 0.3) is 0 Å². The van der Waals surface area contributed by atoms with Gasteiger partial charge in [0.05, 0.1) is 5.41 Å². The molecule has 1 heteroatoms. The zero-order valence-corrected chi connectivity index (χ0v) is 6.76. The van der Waals surface area contributed by atoms with E-state index in [1.165, 1.54) is 5.57 Å². The van der Waals surface area contributed by atoms with Crippen LogP contribution in [0.4, 0.5) is 0 Å². The maximum Gasteiger partial charge on any atom is 0.165 e. The van der Waals surface area contributed by atoms with Crippen LogP contribution in [0.5, 0.6) is 0 Å². The van der Waals surface area contributed by atoms with Gasteiger partial charge in [0, 0.05) is 0 Å². The maximum absolute atomic E-state index is 11.5. The fourth-order valence-corrected chi connectivity index (χ4v) is 2.14. The van der Waals surface area contributed by atoms with Crippen LogP contribution in [0.1, 0.15) is 26.2 Å². The number of hydrogen-bond donors (Lipinski definition) is 0. The van der Waals surface area contributed by atoms with Crippen molar-refractivity contribution in [3.05, 3.63) is 23.8 Å². The molecule has 0 aromatic carbocycles. The quantitative estimate of drug-likeness (QED) is 0.481. The van der Waals surface area contributed by atoms with Crippen molar-refractivity contribution >= 4 is 5.78 Å². The van der Waals surface area contributed by atoms with E-state index in [2.05, 4.69) is 13.0 Å². The van der Waals surface area contributed by atoms with Crippen molar-refractivity contribution in [3.8, 4) is 0 Å². The summed E-state index contributed by atoms with van der Waals surface area (Å²) in [6.45, 7) is 2.08. The van der Waals surface area contributed by atoms with Gasteiger partial charge < -0.3 is 0 Å². The normalized spacial score (nSPS) is 35.4. The summed E-state index contributed by atoms with van der Waals surface area (Å²) in [6, 6.07) is 0. The molecule has 0 aromatic heterocycles. The van der Waals surface area contributed by atoms with Crippen molar-refractivity contribution in [3.63, 3.8) is 0 Å². The fourth-order valence-electron chi connectivity index (χ4n) is 2.14. The monoisotopic (exact) mass is 148 g/mol. The van der Waals surface area contributed by atoms with Crippen LogP contribution in [-0.2, 0) is 4.79 Å². The third kappa shape index (κ3) is 0.740. The summed E-state index contributed by atoms with van der Waals surface area (Å²) in [5.74, 6) is 0.323. The Hall–Kier alpha value is -0.850. The van der Waals surface area contributed by atoms with Gasteiger partial charge in [-0.3, -0.25) is 4.79 Å². The Balaban J connectivity index is 2.38. The van der Waals surface area contributed by atoms with Gasteiger partial charge in [-0.2, -0.15) is 0 Å². The molecule has 0 heterocycles. The first-order valence-corrected chi connectivity index (χ1v) is 4.14. The highest BCUT2D eigenvalue weighted by atomic mass is 16.1. The first-order valence-electron chi connectivity index (χ1n) is 4.14. The first-order chi connectivity index (χ1) is 5.26. The molecule has 11 heavy (non-hydrogen) atoms. The SMILES string of the molecule is CC1=CCCC12CC=CC2=O. The molecule has 0 amide bonds. The second-order valence-corrected chi connectivity index (χ2v) is 3.48. The minimum atomic E-state index is -0.0833. The lowest BCUT2D eigenvalue weighted by Gasteiger charge is -2.22. The standard InChI is InChI=1S/C10H12O/c1-8-4-2-6-10(8)7-3-5-9(10)11/h3-5H,2,6-7H2,1H3. The third-order valence-electron chi connectivity index (χ3n) is 2.98. The summed E-state index contributed by atoms with van der Waals surface area (Å²) in [5, 5.41) is 0. The molecule has 0 aromatic rings. The molecule has 1 atom stereocenters. The summed E-state index contributed by atoms with van der Waals surface area (Å²) in [6.07, 6.45) is 9.00. The zero-order chi connectivity index (χ0) is 7.90. The maximum atomic E-state index is 11.5. The highest BCUT2D eigenvalue weighted by Crippen LogP contribution is 2.45. The number of ketones is 1. The van der Waals surface area contributed by atoms with Gasteiger partial charge in [-0.05, 0) is 32.3 Å². The summed E-state index contributed by atoms with van der Waals surface area (Å²) < 4.78 is 0. The Morgan fingerprint density at radius 2 is 2.36 bits per heavy atom. The van der Waals surface area contributed by atoms with Gasteiger partial charge in [0.25, 0.3) is 0 Å². The summed E-state index contributed by atoms with van der Waals surface area (Å²) >= 11 is 0. The lowest BCUT2D eigenvalue weighted by molar-refractivity contribution is -0.120. The van der Waals surface area contributed by atoms with Crippen molar-refractivity contribution in [2.24, 2.45) is 5.41 Å². The number of rotatable bonds is 0. The molecule has 0 fully saturated rings. The molecule has 1 unspecified atom stereocenters. The fraction of sp³-hybridized carbons (Fsp3) is 0.500. The van der Waals surface area contributed by atoms with Gasteiger partial charge >= 0.3 is 0 Å². The lowest BCUT2D eigenvalue weighted by atomic mass is 9.79. The Labute approximate surface area is 66.8 Å². The van der Waals surface area contributed by atoms with E-state index in [0.717, 1.165) is 19.3 Å². The lowest BCUT2D eigenvalue weighted by Crippen LogP contribution is -2.24. The van der Waals surface area contributed by atoms with E-state index in [4.69, 9.17) is 0 Å². The van der Waals surface area contributed by atoms with Gasteiger partial charge in [-0.15, -0.1) is 0 Å². The number of carbonyl (C=O) groups excluding carboxylic acids is 1. The first kappa shape index (κ1) is 6.84. The molecule has 0 radical (unpaired) electrons. The molecule has 58 valence electrons. The van der Waals surface area contributed by atoms with Crippen molar-refractivity contribution in [1.29, 1.82) is 0 Å². The highest BCUT2D eigenvalue weighted by molar-refractivity contribution is 5.99. The Morgan fingerprint density at radius 1 is 1.55 bits per heavy atom. The minimum Gasteiger partial charge on any atom is -0.294 e. The molecule has 0 aliphatic heterocycles. The van der Waals surface area contributed by atoms with E-state index >= 15 is 0 Å². The van der Waals surface area contributed by atoms with Gasteiger partial charge in [0.2, 0.25) is 0 Å². The molecule has 2 rings (SSSR count). The predicted molar refractivity (Wildman–Crippen MR) is 44.2 cm³/mol. The van der Waals surface area contributed by atoms with E-state index in [1.807, 2.05) is 6.08 Å². The smallest absolute Gasteiger partial charge is 0.165 e. The second-order valence-electron chi connectivity index (χ2n) is 3.48. The molecule has 0 saturated carbocycles. The van der Waals surface area contributed by atoms with Crippen molar-refractivity contribution in [2.75, 3.05) is 0 Å². The highest BCUT2D eigenvalue weighted by Gasteiger charge is 2.42. The average molecular weight is 148 g/mol. The summed E-state index contributed by atoms with van der Waals surface area (Å²) in [7, 11) is 0. The van der Waals surface area contributed by atoms with E-state index in [9.17, 15) is 4.79 Å². The molecule has 0 saturated heterocycles. The molecule has 1 spiro atoms. The van der Waals surface area contributed by atoms with Gasteiger partial charge in [0.15, 0.2) is 5.78 Å². The molecule has 2 aliphatic carbocycles. The largest absolute Gasteiger partial charge is 0.294 e. The van der Waals surface area contributed by atoms with E-state index in [-0.39, 0.29) is 5.41 Å². The molecular weight excluding hydrogens is 136 g/mol. The predicted octanol–water partition coefficient (Wildman–Crippen LogP) is 2.24. The molecular formula is C10H12O. The van der Waals surface area contributed by atoms with Crippen LogP contribution in [0.3, 0.4) is 0 Å². The Bertz CT molecular complexity index is 256. The third-order valence-corrected chi connectivity index (χ3v) is 2.98. The van der Waals surface area contributed by atoms with Crippen molar-refractivity contribution in [1.82, 2.24) is 0 Å². The zero-order valence-electron chi connectivity index (χ0n) is 6.76. The van der Waals surface area contributed by atoms with Gasteiger partial charge in [-0.1, -0.05) is 17.7 Å². The van der Waals surface area contributed by atoms with Crippen LogP contribution in [-0.4, -0.2) is 5.78 Å². The summed E-state index contributed by atoms with van der Waals surface area (Å²) in [5.41, 5.74) is 1.20. The van der Waals surface area contributed by atoms with Gasteiger partial charge in [-0.25, -0.2) is 0 Å². The number of carbonyl (C=O) groups is 1. The Kier molecular flexibility index (Phi) is 1.28. The van der Waals surface area contributed by atoms with E-state index in [1.54, 1.807) is 6.08 Å². The van der Waals surface area contributed by atoms with E-state index < -0.39 is 0 Å². The minimum absolute atomic E-state index is 0.0833. The molecule has 0 N–H and O–H groups in total. The molecule has 1 nitrogen and oxygen atoms in total. The Morgan fingerprint density at radius 3 is 2.82 bits per heavy atom. The molecule has 2 aliphatic rings. The number of hydrogen-bond acceptors (Lipinski definition) is 1. The van der Waals surface area contributed by atoms with E-state index in [0.29, 0.717) is 5.78 Å². The van der Waals surface area contributed by atoms with Gasteiger partial charge in [0.1, 0.15) is 0 Å². The second kappa shape index (κ2) is 2.07. The van der Waals surface area contributed by atoms with Crippen LogP contribution < -0.4 is 0 Å². The average Bonchev–Trinajstić information content (AvgIpc) is 2.48.